The van der Waals surface area contributed by atoms with E-state index in [1.54, 1.807) is 12.4 Å². The lowest BCUT2D eigenvalue weighted by Crippen LogP contribution is -2.14. The van der Waals surface area contributed by atoms with Crippen LogP contribution in [0, 0.1) is 0 Å². The van der Waals surface area contributed by atoms with Gasteiger partial charge in [0.2, 0.25) is 0 Å². The molecule has 110 valence electrons. The van der Waals surface area contributed by atoms with Crippen LogP contribution in [0.5, 0.6) is 5.75 Å². The van der Waals surface area contributed by atoms with E-state index in [0.717, 1.165) is 18.6 Å². The number of nitrogens with zero attached hydrogens (tertiary/aromatic N) is 1. The predicted molar refractivity (Wildman–Crippen MR) is 88.8 cm³/mol. The van der Waals surface area contributed by atoms with Crippen molar-refractivity contribution in [3.8, 4) is 5.75 Å². The minimum atomic E-state index is 0.219. The number of hydrogen-bond donors (Lipinski definition) is 0. The fourth-order valence-electron chi connectivity index (χ4n) is 2.54. The van der Waals surface area contributed by atoms with Gasteiger partial charge < -0.3 is 4.74 Å². The maximum absolute atomic E-state index is 6.02. The number of fused-ring (bicyclic) bond motifs is 1. The molecule has 0 spiro atoms. The topological polar surface area (TPSA) is 22.1 Å². The van der Waals surface area contributed by atoms with Crippen LogP contribution >= 0.6 is 0 Å². The standard InChI is InChI=1S/C15H14O.C5H5N/c1-2-6-12(7-3-1)15-11-10-13-8-4-5-9-14(13)16-15;1-2-4-6-5-3-1/h1-9,15H,10-11H2;1-5H. The molecule has 2 heterocycles. The third kappa shape index (κ3) is 3.73. The Balaban J connectivity index is 0.000000202. The average Bonchev–Trinajstić information content (AvgIpc) is 2.64. The molecule has 4 rings (SSSR count). The summed E-state index contributed by atoms with van der Waals surface area (Å²) in [6.45, 7) is 0. The predicted octanol–water partition coefficient (Wildman–Crippen LogP) is 4.83. The van der Waals surface area contributed by atoms with E-state index in [4.69, 9.17) is 4.74 Å². The molecule has 0 bridgehead atoms. The minimum absolute atomic E-state index is 0.219. The monoisotopic (exact) mass is 289 g/mol. The van der Waals surface area contributed by atoms with E-state index < -0.39 is 0 Å². The molecule has 1 atom stereocenters. The molecule has 1 aliphatic heterocycles. The van der Waals surface area contributed by atoms with Gasteiger partial charge in [-0.25, -0.2) is 0 Å². The zero-order chi connectivity index (χ0) is 15.0. The van der Waals surface area contributed by atoms with E-state index in [9.17, 15) is 0 Å². The second kappa shape index (κ2) is 7.41. The van der Waals surface area contributed by atoms with Crippen molar-refractivity contribution in [1.29, 1.82) is 0 Å². The third-order valence-electron chi connectivity index (χ3n) is 3.66. The number of benzene rings is 2. The van der Waals surface area contributed by atoms with Gasteiger partial charge in [0.25, 0.3) is 0 Å². The fraction of sp³-hybridized carbons (Fsp3) is 0.150. The molecular weight excluding hydrogens is 270 g/mol. The molecule has 1 unspecified atom stereocenters. The van der Waals surface area contributed by atoms with Crippen molar-refractivity contribution in [3.05, 3.63) is 96.3 Å². The zero-order valence-corrected chi connectivity index (χ0v) is 12.4. The maximum Gasteiger partial charge on any atom is 0.124 e. The largest absolute Gasteiger partial charge is 0.485 e. The van der Waals surface area contributed by atoms with E-state index in [2.05, 4.69) is 47.4 Å². The number of para-hydroxylation sites is 1. The Morgan fingerprint density at radius 2 is 1.45 bits per heavy atom. The molecule has 2 aromatic carbocycles. The molecule has 22 heavy (non-hydrogen) atoms. The quantitative estimate of drug-likeness (QED) is 0.640. The van der Waals surface area contributed by atoms with Gasteiger partial charge in [-0.15, -0.1) is 0 Å². The van der Waals surface area contributed by atoms with E-state index in [-0.39, 0.29) is 6.10 Å². The molecule has 1 aromatic heterocycles. The summed E-state index contributed by atoms with van der Waals surface area (Å²) < 4.78 is 6.02. The molecule has 0 saturated carbocycles. The van der Waals surface area contributed by atoms with Crippen LogP contribution < -0.4 is 4.74 Å². The number of aromatic nitrogens is 1. The molecule has 0 aliphatic carbocycles. The molecular formula is C20H19NO. The summed E-state index contributed by atoms with van der Waals surface area (Å²) in [5.74, 6) is 1.04. The van der Waals surface area contributed by atoms with Crippen LogP contribution in [0.1, 0.15) is 23.7 Å². The van der Waals surface area contributed by atoms with Crippen LogP contribution in [-0.2, 0) is 6.42 Å². The first-order valence-corrected chi connectivity index (χ1v) is 7.58. The molecule has 1 aliphatic rings. The fourth-order valence-corrected chi connectivity index (χ4v) is 2.54. The van der Waals surface area contributed by atoms with Gasteiger partial charge in [0.15, 0.2) is 0 Å². The molecule has 2 heteroatoms. The molecule has 0 saturated heterocycles. The summed E-state index contributed by atoms with van der Waals surface area (Å²) in [5, 5.41) is 0. The summed E-state index contributed by atoms with van der Waals surface area (Å²) in [7, 11) is 0. The Labute approximate surface area is 131 Å². The van der Waals surface area contributed by atoms with Gasteiger partial charge >= 0.3 is 0 Å². The van der Waals surface area contributed by atoms with Gasteiger partial charge in [0.1, 0.15) is 11.9 Å². The molecule has 0 amide bonds. The summed E-state index contributed by atoms with van der Waals surface area (Å²) in [6, 6.07) is 24.5. The lowest BCUT2D eigenvalue weighted by Gasteiger charge is -2.26. The Bertz CT molecular complexity index is 656. The lowest BCUT2D eigenvalue weighted by molar-refractivity contribution is 0.176. The second-order valence-electron chi connectivity index (χ2n) is 5.19. The number of ether oxygens (including phenoxy) is 1. The molecule has 3 aromatic rings. The van der Waals surface area contributed by atoms with Crippen molar-refractivity contribution >= 4 is 0 Å². The normalized spacial score (nSPS) is 15.7. The third-order valence-corrected chi connectivity index (χ3v) is 3.66. The lowest BCUT2D eigenvalue weighted by atomic mass is 9.98. The maximum atomic E-state index is 6.02. The molecule has 0 N–H and O–H groups in total. The first-order valence-electron chi connectivity index (χ1n) is 7.58. The molecule has 0 fully saturated rings. The van der Waals surface area contributed by atoms with Crippen molar-refractivity contribution in [2.24, 2.45) is 0 Å². The smallest absolute Gasteiger partial charge is 0.124 e. The van der Waals surface area contributed by atoms with Crippen molar-refractivity contribution < 1.29 is 4.74 Å². The van der Waals surface area contributed by atoms with Crippen molar-refractivity contribution in [2.45, 2.75) is 18.9 Å². The summed E-state index contributed by atoms with van der Waals surface area (Å²) in [4.78, 5) is 3.78. The van der Waals surface area contributed by atoms with Gasteiger partial charge in [-0.2, -0.15) is 0 Å². The van der Waals surface area contributed by atoms with Gasteiger partial charge in [-0.05, 0) is 42.2 Å². The Morgan fingerprint density at radius 1 is 0.773 bits per heavy atom. The van der Waals surface area contributed by atoms with E-state index in [1.165, 1.54) is 11.1 Å². The zero-order valence-electron chi connectivity index (χ0n) is 12.4. The highest BCUT2D eigenvalue weighted by Gasteiger charge is 2.20. The summed E-state index contributed by atoms with van der Waals surface area (Å²) in [5.41, 5.74) is 2.60. The SMILES string of the molecule is c1ccc(C2CCc3ccccc3O2)cc1.c1ccncc1. The number of hydrogen-bond acceptors (Lipinski definition) is 2. The van der Waals surface area contributed by atoms with Gasteiger partial charge in [0, 0.05) is 12.4 Å². The first-order chi connectivity index (χ1) is 10.9. The van der Waals surface area contributed by atoms with Gasteiger partial charge in [-0.1, -0.05) is 54.6 Å². The van der Waals surface area contributed by atoms with Crippen LogP contribution in [-0.4, -0.2) is 4.98 Å². The van der Waals surface area contributed by atoms with Crippen molar-refractivity contribution in [3.63, 3.8) is 0 Å². The van der Waals surface area contributed by atoms with Crippen LogP contribution in [0.15, 0.2) is 85.2 Å². The van der Waals surface area contributed by atoms with Crippen molar-refractivity contribution in [1.82, 2.24) is 4.98 Å². The van der Waals surface area contributed by atoms with Crippen LogP contribution in [0.3, 0.4) is 0 Å². The Kier molecular flexibility index (Phi) is 4.83. The van der Waals surface area contributed by atoms with E-state index in [0.29, 0.717) is 0 Å². The second-order valence-corrected chi connectivity index (χ2v) is 5.19. The van der Waals surface area contributed by atoms with Gasteiger partial charge in [-0.3, -0.25) is 4.98 Å². The molecule has 2 nitrogen and oxygen atoms in total. The number of aryl methyl sites for hydroxylation is 1. The highest BCUT2D eigenvalue weighted by Crippen LogP contribution is 2.34. The highest BCUT2D eigenvalue weighted by atomic mass is 16.5. The first kappa shape index (κ1) is 14.3. The average molecular weight is 289 g/mol. The summed E-state index contributed by atoms with van der Waals surface area (Å²) in [6.07, 6.45) is 5.90. The minimum Gasteiger partial charge on any atom is -0.485 e. The highest BCUT2D eigenvalue weighted by molar-refractivity contribution is 5.36. The molecule has 0 radical (unpaired) electrons. The number of rotatable bonds is 1. The van der Waals surface area contributed by atoms with Crippen molar-refractivity contribution in [2.75, 3.05) is 0 Å². The summed E-state index contributed by atoms with van der Waals surface area (Å²) >= 11 is 0. The van der Waals surface area contributed by atoms with E-state index >= 15 is 0 Å². The number of pyridine rings is 1. The van der Waals surface area contributed by atoms with Crippen LogP contribution in [0.4, 0.5) is 0 Å². The Morgan fingerprint density at radius 3 is 2.14 bits per heavy atom. The van der Waals surface area contributed by atoms with E-state index in [1.807, 2.05) is 30.3 Å². The van der Waals surface area contributed by atoms with Crippen LogP contribution in [0.2, 0.25) is 0 Å². The Hall–Kier alpha value is -2.61. The van der Waals surface area contributed by atoms with Gasteiger partial charge in [0.05, 0.1) is 0 Å². The van der Waals surface area contributed by atoms with Crippen LogP contribution in [0.25, 0.3) is 0 Å².